The molecule has 0 aliphatic rings. The van der Waals surface area contributed by atoms with Crippen LogP contribution >= 0.6 is 0 Å². The number of aromatic nitrogens is 1. The Bertz CT molecular complexity index is 1170. The second-order valence-electron chi connectivity index (χ2n) is 6.19. The zero-order valence-corrected chi connectivity index (χ0v) is 14.9. The number of alkyl halides is 3. The summed E-state index contributed by atoms with van der Waals surface area (Å²) in [5, 5.41) is 0.113. The van der Waals surface area contributed by atoms with Crippen molar-refractivity contribution in [3.8, 4) is 5.69 Å². The van der Waals surface area contributed by atoms with Gasteiger partial charge in [0.05, 0.1) is 23.9 Å². The van der Waals surface area contributed by atoms with Crippen LogP contribution in [-0.4, -0.2) is 17.6 Å². The van der Waals surface area contributed by atoms with E-state index in [1.54, 1.807) is 6.92 Å². The topological polar surface area (TPSA) is 100 Å². The summed E-state index contributed by atoms with van der Waals surface area (Å²) in [4.78, 5) is 25.1. The lowest BCUT2D eigenvalue weighted by Gasteiger charge is -2.17. The Morgan fingerprint density at radius 3 is 2.36 bits per heavy atom. The predicted octanol–water partition coefficient (Wildman–Crippen LogP) is 3.27. The van der Waals surface area contributed by atoms with Crippen LogP contribution in [0.2, 0.25) is 0 Å². The summed E-state index contributed by atoms with van der Waals surface area (Å²) < 4.78 is 45.3. The SMILES string of the molecule is COC(=O)c1c(N)c2ccc(C(F)(F)F)cc2n(-c2ccc(N)c(C)c2)c1=O. The zero-order chi connectivity index (χ0) is 20.8. The van der Waals surface area contributed by atoms with Gasteiger partial charge in [-0.25, -0.2) is 4.79 Å². The normalized spacial score (nSPS) is 11.6. The van der Waals surface area contributed by atoms with Gasteiger partial charge in [0.1, 0.15) is 5.56 Å². The summed E-state index contributed by atoms with van der Waals surface area (Å²) in [6.07, 6.45) is -4.62. The molecule has 0 fully saturated rings. The summed E-state index contributed by atoms with van der Waals surface area (Å²) in [5.74, 6) is -0.981. The Kier molecular flexibility index (Phi) is 4.54. The number of methoxy groups -OCH3 is 1. The van der Waals surface area contributed by atoms with Crippen molar-refractivity contribution in [3.63, 3.8) is 0 Å². The van der Waals surface area contributed by atoms with Crippen LogP contribution in [0, 0.1) is 6.92 Å². The molecule has 0 unspecified atom stereocenters. The second kappa shape index (κ2) is 6.59. The molecule has 1 heterocycles. The quantitative estimate of drug-likeness (QED) is 0.516. The van der Waals surface area contributed by atoms with Gasteiger partial charge in [-0.05, 0) is 42.8 Å². The Hall–Kier alpha value is -3.49. The number of hydrogen-bond donors (Lipinski definition) is 2. The largest absolute Gasteiger partial charge is 0.465 e. The lowest BCUT2D eigenvalue weighted by Crippen LogP contribution is -2.28. The van der Waals surface area contributed by atoms with E-state index in [9.17, 15) is 22.8 Å². The first-order valence-electron chi connectivity index (χ1n) is 8.06. The van der Waals surface area contributed by atoms with Gasteiger partial charge in [-0.15, -0.1) is 0 Å². The molecule has 146 valence electrons. The molecule has 2 aromatic carbocycles. The number of nitrogens with two attached hydrogens (primary N) is 2. The maximum atomic E-state index is 13.2. The van der Waals surface area contributed by atoms with Crippen LogP contribution in [0.3, 0.4) is 0 Å². The van der Waals surface area contributed by atoms with Crippen molar-refractivity contribution in [1.82, 2.24) is 4.57 Å². The Morgan fingerprint density at radius 2 is 1.79 bits per heavy atom. The first-order valence-corrected chi connectivity index (χ1v) is 8.06. The number of ether oxygens (including phenoxy) is 1. The standard InChI is InChI=1S/C19H16F3N3O3/c1-9-7-11(4-6-13(9)23)25-14-8-10(19(20,21)22)3-5-12(14)16(24)15(17(25)26)18(27)28-2/h3-8H,23-24H2,1-2H3. The molecule has 0 saturated heterocycles. The average Bonchev–Trinajstić information content (AvgIpc) is 2.63. The number of aryl methyl sites for hydroxylation is 1. The van der Waals surface area contributed by atoms with Gasteiger partial charge in [0, 0.05) is 16.8 Å². The zero-order valence-electron chi connectivity index (χ0n) is 14.9. The number of carbonyl (C=O) groups is 1. The van der Waals surface area contributed by atoms with Crippen molar-refractivity contribution in [2.24, 2.45) is 0 Å². The molecule has 28 heavy (non-hydrogen) atoms. The van der Waals surface area contributed by atoms with Crippen molar-refractivity contribution < 1.29 is 22.7 Å². The van der Waals surface area contributed by atoms with E-state index >= 15 is 0 Å². The Labute approximate surface area is 157 Å². The van der Waals surface area contributed by atoms with E-state index in [2.05, 4.69) is 4.74 Å². The molecular formula is C19H16F3N3O3. The van der Waals surface area contributed by atoms with Gasteiger partial charge in [0.25, 0.3) is 5.56 Å². The molecule has 0 bridgehead atoms. The molecule has 0 atom stereocenters. The van der Waals surface area contributed by atoms with Crippen molar-refractivity contribution in [3.05, 3.63) is 63.4 Å². The van der Waals surface area contributed by atoms with Crippen LogP contribution in [0.15, 0.2) is 41.2 Å². The highest BCUT2D eigenvalue weighted by Crippen LogP contribution is 2.34. The predicted molar refractivity (Wildman–Crippen MR) is 99.4 cm³/mol. The van der Waals surface area contributed by atoms with Gasteiger partial charge in [-0.2, -0.15) is 13.2 Å². The number of esters is 1. The number of halogens is 3. The van der Waals surface area contributed by atoms with Crippen molar-refractivity contribution in [2.75, 3.05) is 18.6 Å². The first-order chi connectivity index (χ1) is 13.1. The molecule has 0 amide bonds. The fraction of sp³-hybridized carbons (Fsp3) is 0.158. The van der Waals surface area contributed by atoms with Crippen LogP contribution in [0.25, 0.3) is 16.6 Å². The third-order valence-corrected chi connectivity index (χ3v) is 4.44. The van der Waals surface area contributed by atoms with Crippen LogP contribution in [0.4, 0.5) is 24.5 Å². The molecule has 0 aliphatic heterocycles. The fourth-order valence-corrected chi connectivity index (χ4v) is 2.95. The molecule has 3 aromatic rings. The summed E-state index contributed by atoms with van der Waals surface area (Å²) in [6.45, 7) is 1.69. The van der Waals surface area contributed by atoms with Gasteiger partial charge < -0.3 is 16.2 Å². The van der Waals surface area contributed by atoms with E-state index in [1.165, 1.54) is 18.2 Å². The van der Waals surface area contributed by atoms with Crippen molar-refractivity contribution >= 4 is 28.2 Å². The number of pyridine rings is 1. The number of carbonyl (C=O) groups excluding carboxylic acids is 1. The summed E-state index contributed by atoms with van der Waals surface area (Å²) >= 11 is 0. The van der Waals surface area contributed by atoms with Crippen LogP contribution in [-0.2, 0) is 10.9 Å². The van der Waals surface area contributed by atoms with Crippen molar-refractivity contribution in [2.45, 2.75) is 13.1 Å². The summed E-state index contributed by atoms with van der Waals surface area (Å²) in [5.41, 5.74) is 10.4. The summed E-state index contributed by atoms with van der Waals surface area (Å²) in [7, 11) is 1.08. The second-order valence-corrected chi connectivity index (χ2v) is 6.19. The number of rotatable bonds is 2. The number of nitrogen functional groups attached to an aromatic ring is 2. The highest BCUT2D eigenvalue weighted by Gasteiger charge is 2.32. The van der Waals surface area contributed by atoms with E-state index in [4.69, 9.17) is 11.5 Å². The van der Waals surface area contributed by atoms with E-state index in [1.807, 2.05) is 0 Å². The molecule has 3 rings (SSSR count). The van der Waals surface area contributed by atoms with Crippen molar-refractivity contribution in [1.29, 1.82) is 0 Å². The van der Waals surface area contributed by atoms with Crippen LogP contribution in [0.5, 0.6) is 0 Å². The van der Waals surface area contributed by atoms with Gasteiger partial charge in [-0.3, -0.25) is 9.36 Å². The lowest BCUT2D eigenvalue weighted by molar-refractivity contribution is -0.137. The van der Waals surface area contributed by atoms with Crippen LogP contribution < -0.4 is 17.0 Å². The molecular weight excluding hydrogens is 375 g/mol. The van der Waals surface area contributed by atoms with E-state index in [0.29, 0.717) is 11.3 Å². The highest BCUT2D eigenvalue weighted by atomic mass is 19.4. The van der Waals surface area contributed by atoms with E-state index in [0.717, 1.165) is 29.9 Å². The first kappa shape index (κ1) is 19.3. The number of benzene rings is 2. The van der Waals surface area contributed by atoms with Crippen LogP contribution in [0.1, 0.15) is 21.5 Å². The van der Waals surface area contributed by atoms with Gasteiger partial charge >= 0.3 is 12.1 Å². The summed E-state index contributed by atoms with van der Waals surface area (Å²) in [6, 6.07) is 7.31. The minimum atomic E-state index is -4.62. The molecule has 0 aliphatic carbocycles. The fourth-order valence-electron chi connectivity index (χ4n) is 2.95. The maximum absolute atomic E-state index is 13.2. The smallest absolute Gasteiger partial charge is 0.416 e. The van der Waals surface area contributed by atoms with Gasteiger partial charge in [0.15, 0.2) is 0 Å². The Balaban J connectivity index is 2.52. The number of fused-ring (bicyclic) bond motifs is 1. The third-order valence-electron chi connectivity index (χ3n) is 4.44. The highest BCUT2D eigenvalue weighted by molar-refractivity contribution is 6.04. The Morgan fingerprint density at radius 1 is 1.11 bits per heavy atom. The van der Waals surface area contributed by atoms with E-state index < -0.39 is 28.8 Å². The van der Waals surface area contributed by atoms with Gasteiger partial charge in [-0.1, -0.05) is 6.07 Å². The minimum absolute atomic E-state index is 0.0888. The average molecular weight is 391 g/mol. The molecule has 0 radical (unpaired) electrons. The molecule has 9 heteroatoms. The maximum Gasteiger partial charge on any atom is 0.416 e. The molecule has 1 aromatic heterocycles. The number of anilines is 2. The minimum Gasteiger partial charge on any atom is -0.465 e. The molecule has 6 nitrogen and oxygen atoms in total. The third kappa shape index (κ3) is 3.04. The molecule has 0 spiro atoms. The number of hydrogen-bond acceptors (Lipinski definition) is 5. The molecule has 4 N–H and O–H groups in total. The molecule has 0 saturated carbocycles. The lowest BCUT2D eigenvalue weighted by atomic mass is 10.0. The monoisotopic (exact) mass is 391 g/mol. The number of nitrogens with zero attached hydrogens (tertiary/aromatic N) is 1. The van der Waals surface area contributed by atoms with Gasteiger partial charge in [0.2, 0.25) is 0 Å². The van der Waals surface area contributed by atoms with E-state index in [-0.39, 0.29) is 22.3 Å².